The van der Waals surface area contributed by atoms with E-state index >= 15 is 0 Å². The van der Waals surface area contributed by atoms with Crippen molar-refractivity contribution in [1.29, 1.82) is 0 Å². The molecule has 0 unspecified atom stereocenters. The molecule has 1 rings (SSSR count). The Balaban J connectivity index is 2.97. The van der Waals surface area contributed by atoms with Gasteiger partial charge >= 0.3 is 11.1 Å². The number of hydrogen-bond donors (Lipinski definition) is 1. The molecule has 1 aliphatic rings. The van der Waals surface area contributed by atoms with Crippen molar-refractivity contribution in [2.75, 3.05) is 6.61 Å². The molecule has 18 heavy (non-hydrogen) atoms. The van der Waals surface area contributed by atoms with Crippen LogP contribution in [0.25, 0.3) is 0 Å². The number of aliphatic hydroxyl groups excluding tert-OH is 1. The fraction of sp³-hybridized carbons (Fsp3) is 0.909. The second-order valence-electron chi connectivity index (χ2n) is 6.05. The van der Waals surface area contributed by atoms with Crippen LogP contribution in [0.1, 0.15) is 20.8 Å². The highest BCUT2D eigenvalue weighted by Crippen LogP contribution is 2.43. The van der Waals surface area contributed by atoms with Gasteiger partial charge in [0.15, 0.2) is 14.4 Å². The van der Waals surface area contributed by atoms with Crippen LogP contribution in [0.15, 0.2) is 0 Å². The summed E-state index contributed by atoms with van der Waals surface area (Å²) in [4.78, 5) is 11.3. The number of rotatable bonds is 3. The van der Waals surface area contributed by atoms with Crippen LogP contribution >= 0.6 is 11.6 Å². The zero-order valence-electron chi connectivity index (χ0n) is 11.3. The predicted octanol–water partition coefficient (Wildman–Crippen LogP) is 2.20. The van der Waals surface area contributed by atoms with Gasteiger partial charge in [-0.05, 0) is 18.1 Å². The molecule has 0 aromatic carbocycles. The van der Waals surface area contributed by atoms with Gasteiger partial charge in [-0.15, -0.1) is 0 Å². The van der Waals surface area contributed by atoms with Crippen LogP contribution < -0.4 is 0 Å². The van der Waals surface area contributed by atoms with Crippen molar-refractivity contribution in [3.8, 4) is 0 Å². The van der Waals surface area contributed by atoms with Crippen LogP contribution in [0.4, 0.5) is 4.39 Å². The first-order valence-corrected chi connectivity index (χ1v) is 9.09. The smallest absolute Gasteiger partial charge is 0.363 e. The first-order valence-electron chi connectivity index (χ1n) is 5.81. The van der Waals surface area contributed by atoms with Crippen molar-refractivity contribution in [3.05, 3.63) is 0 Å². The fourth-order valence-corrected chi connectivity index (χ4v) is 3.01. The number of halogens is 2. The van der Waals surface area contributed by atoms with E-state index in [1.807, 2.05) is 33.9 Å². The van der Waals surface area contributed by atoms with E-state index in [1.54, 1.807) is 0 Å². The van der Waals surface area contributed by atoms with Crippen molar-refractivity contribution in [2.45, 2.75) is 56.2 Å². The van der Waals surface area contributed by atoms with Crippen LogP contribution in [0, 0.1) is 0 Å². The molecule has 1 saturated heterocycles. The first kappa shape index (κ1) is 15.9. The number of cyclic esters (lactones) is 1. The molecule has 106 valence electrons. The van der Waals surface area contributed by atoms with Gasteiger partial charge in [0.25, 0.3) is 0 Å². The molecule has 4 nitrogen and oxygen atoms in total. The van der Waals surface area contributed by atoms with E-state index in [-0.39, 0.29) is 5.04 Å². The summed E-state index contributed by atoms with van der Waals surface area (Å²) in [6.45, 7) is 9.27. The van der Waals surface area contributed by atoms with Crippen LogP contribution in [0.3, 0.4) is 0 Å². The van der Waals surface area contributed by atoms with Crippen LogP contribution in [-0.4, -0.2) is 43.3 Å². The summed E-state index contributed by atoms with van der Waals surface area (Å²) in [7, 11) is -2.31. The van der Waals surface area contributed by atoms with E-state index in [4.69, 9.17) is 25.9 Å². The average molecular weight is 299 g/mol. The Bertz CT molecular complexity index is 340. The highest BCUT2D eigenvalue weighted by molar-refractivity contribution is 6.74. The topological polar surface area (TPSA) is 55.8 Å². The summed E-state index contributed by atoms with van der Waals surface area (Å²) < 4.78 is 24.6. The SMILES string of the molecule is CC(C)(C)[Si](C)(C)O[C@@H]1[C@@H](CO)OC(=O)[C@@]1(F)Cl. The molecule has 0 spiro atoms. The third kappa shape index (κ3) is 2.71. The highest BCUT2D eigenvalue weighted by Gasteiger charge is 2.60. The number of aliphatic hydroxyl groups is 1. The van der Waals surface area contributed by atoms with Gasteiger partial charge in [-0.3, -0.25) is 0 Å². The molecule has 0 aliphatic carbocycles. The van der Waals surface area contributed by atoms with Crippen LogP contribution in [-0.2, 0) is 14.0 Å². The molecular weight excluding hydrogens is 279 g/mol. The second-order valence-corrected chi connectivity index (χ2v) is 11.4. The van der Waals surface area contributed by atoms with Gasteiger partial charge in [0, 0.05) is 0 Å². The molecule has 1 aliphatic heterocycles. The Morgan fingerprint density at radius 2 is 2.06 bits per heavy atom. The monoisotopic (exact) mass is 298 g/mol. The lowest BCUT2D eigenvalue weighted by atomic mass is 10.2. The van der Waals surface area contributed by atoms with Crippen molar-refractivity contribution in [1.82, 2.24) is 0 Å². The molecule has 1 fully saturated rings. The van der Waals surface area contributed by atoms with Crippen molar-refractivity contribution in [2.24, 2.45) is 0 Å². The number of ether oxygens (including phenoxy) is 1. The van der Waals surface area contributed by atoms with Gasteiger partial charge < -0.3 is 14.3 Å². The molecule has 1 N–H and O–H groups in total. The maximum Gasteiger partial charge on any atom is 0.363 e. The molecule has 0 bridgehead atoms. The van der Waals surface area contributed by atoms with Gasteiger partial charge in [-0.2, -0.15) is 0 Å². The molecule has 1 heterocycles. The maximum absolute atomic E-state index is 14.1. The first-order chi connectivity index (χ1) is 7.93. The second kappa shape index (κ2) is 4.74. The van der Waals surface area contributed by atoms with Crippen LogP contribution in [0.2, 0.25) is 18.1 Å². The number of carbonyl (C=O) groups excluding carboxylic acids is 1. The minimum absolute atomic E-state index is 0.161. The minimum atomic E-state index is -2.72. The summed E-state index contributed by atoms with van der Waals surface area (Å²) in [6.07, 6.45) is -2.31. The molecule has 0 aromatic rings. The number of hydrogen-bond acceptors (Lipinski definition) is 4. The molecular formula is C11H20ClFO4Si. The minimum Gasteiger partial charge on any atom is -0.454 e. The van der Waals surface area contributed by atoms with Gasteiger partial charge in [-0.1, -0.05) is 32.4 Å². The van der Waals surface area contributed by atoms with E-state index in [1.165, 1.54) is 0 Å². The van der Waals surface area contributed by atoms with E-state index in [2.05, 4.69) is 0 Å². The predicted molar refractivity (Wildman–Crippen MR) is 68.7 cm³/mol. The molecule has 0 saturated carbocycles. The highest BCUT2D eigenvalue weighted by atomic mass is 35.5. The van der Waals surface area contributed by atoms with Crippen molar-refractivity contribution in [3.63, 3.8) is 0 Å². The standard InChI is InChI=1S/C11H20ClFO4Si/c1-10(2,3)18(4,5)17-8-7(6-14)16-9(15)11(8,12)13/h7-8,14H,6H2,1-5H3/t7-,8-,11-/m1/s1. The van der Waals surface area contributed by atoms with Crippen LogP contribution in [0.5, 0.6) is 0 Å². The third-order valence-electron chi connectivity index (χ3n) is 3.63. The summed E-state index contributed by atoms with van der Waals surface area (Å²) in [5.74, 6) is -1.19. The molecule has 0 radical (unpaired) electrons. The lowest BCUT2D eigenvalue weighted by Gasteiger charge is -2.39. The lowest BCUT2D eigenvalue weighted by Crippen LogP contribution is -2.51. The summed E-state index contributed by atoms with van der Waals surface area (Å²) in [5.41, 5.74) is 0. The van der Waals surface area contributed by atoms with Gasteiger partial charge in [0.2, 0.25) is 0 Å². The summed E-state index contributed by atoms with van der Waals surface area (Å²) in [5, 5.41) is 6.24. The Kier molecular flexibility index (Phi) is 4.18. The van der Waals surface area contributed by atoms with Crippen molar-refractivity contribution < 1.29 is 23.5 Å². The third-order valence-corrected chi connectivity index (χ3v) is 8.46. The lowest BCUT2D eigenvalue weighted by molar-refractivity contribution is -0.147. The van der Waals surface area contributed by atoms with Gasteiger partial charge in [0.1, 0.15) is 6.10 Å². The Morgan fingerprint density at radius 1 is 1.56 bits per heavy atom. The Hall–Kier alpha value is -0.173. The van der Waals surface area contributed by atoms with Crippen molar-refractivity contribution >= 4 is 25.9 Å². The Labute approximate surface area is 113 Å². The number of alkyl halides is 2. The quantitative estimate of drug-likeness (QED) is 0.493. The normalized spacial score (nSPS) is 33.7. The number of esters is 1. The average Bonchev–Trinajstić information content (AvgIpc) is 2.39. The fourth-order valence-electron chi connectivity index (χ4n) is 1.40. The largest absolute Gasteiger partial charge is 0.454 e. The van der Waals surface area contributed by atoms with E-state index in [0.29, 0.717) is 0 Å². The van der Waals surface area contributed by atoms with E-state index in [0.717, 1.165) is 0 Å². The molecule has 0 amide bonds. The zero-order chi connectivity index (χ0) is 14.4. The number of carbonyl (C=O) groups is 1. The maximum atomic E-state index is 14.1. The molecule has 7 heteroatoms. The summed E-state index contributed by atoms with van der Waals surface area (Å²) in [6, 6.07) is 0. The Morgan fingerprint density at radius 3 is 2.44 bits per heavy atom. The van der Waals surface area contributed by atoms with E-state index < -0.39 is 38.2 Å². The zero-order valence-corrected chi connectivity index (χ0v) is 13.0. The van der Waals surface area contributed by atoms with Gasteiger partial charge in [-0.25, -0.2) is 9.18 Å². The van der Waals surface area contributed by atoms with Gasteiger partial charge in [0.05, 0.1) is 6.61 Å². The summed E-state index contributed by atoms with van der Waals surface area (Å²) >= 11 is 5.56. The van der Waals surface area contributed by atoms with E-state index in [9.17, 15) is 9.18 Å². The molecule has 0 aromatic heterocycles. The molecule has 3 atom stereocenters.